The van der Waals surface area contributed by atoms with E-state index in [0.717, 1.165) is 37.0 Å². The largest absolute Gasteiger partial charge is 0.341 e. The molecule has 0 unspecified atom stereocenters. The summed E-state index contributed by atoms with van der Waals surface area (Å²) in [4.78, 5) is 13.5. The highest BCUT2D eigenvalue weighted by molar-refractivity contribution is 7.13. The lowest BCUT2D eigenvalue weighted by molar-refractivity contribution is 0.637. The Bertz CT molecular complexity index is 545. The van der Waals surface area contributed by atoms with Crippen LogP contribution >= 0.6 is 11.3 Å². The third kappa shape index (κ3) is 1.76. The maximum Gasteiger partial charge on any atom is 0.225 e. The van der Waals surface area contributed by atoms with Crippen LogP contribution in [0.3, 0.4) is 0 Å². The Morgan fingerprint density at radius 1 is 1.05 bits per heavy atom. The summed E-state index contributed by atoms with van der Waals surface area (Å²) < 4.78 is 0. The van der Waals surface area contributed by atoms with Gasteiger partial charge in [-0.25, -0.2) is 9.97 Å². The zero-order valence-electron chi connectivity index (χ0n) is 10.4. The summed E-state index contributed by atoms with van der Waals surface area (Å²) in [6.07, 6.45) is 5.91. The summed E-state index contributed by atoms with van der Waals surface area (Å²) in [7, 11) is 0. The molecule has 2 aromatic rings. The minimum absolute atomic E-state index is 0.506. The summed E-state index contributed by atoms with van der Waals surface area (Å²) in [5.74, 6) is 0.856. The van der Waals surface area contributed by atoms with Crippen LogP contribution in [0.15, 0.2) is 24.0 Å². The molecular formula is C12H14N6S. The summed E-state index contributed by atoms with van der Waals surface area (Å²) in [5, 5.41) is 9.19. The van der Waals surface area contributed by atoms with Crippen LogP contribution in [0, 0.1) is 0 Å². The third-order valence-corrected chi connectivity index (χ3v) is 4.71. The Kier molecular flexibility index (Phi) is 2.58. The molecule has 0 N–H and O–H groups in total. The molecule has 0 radical (unpaired) electrons. The fraction of sp³-hybridized carbons (Fsp3) is 0.500. The van der Waals surface area contributed by atoms with E-state index in [1.807, 2.05) is 18.5 Å². The van der Waals surface area contributed by atoms with E-state index in [9.17, 15) is 0 Å². The third-order valence-electron chi connectivity index (χ3n) is 3.98. The van der Waals surface area contributed by atoms with Gasteiger partial charge in [0.2, 0.25) is 11.1 Å². The Balaban J connectivity index is 1.59. The number of hydrogen-bond donors (Lipinski definition) is 0. The molecule has 6 nitrogen and oxygen atoms in total. The molecule has 4 rings (SSSR count). The van der Waals surface area contributed by atoms with Crippen molar-refractivity contribution in [3.63, 3.8) is 0 Å². The maximum absolute atomic E-state index is 4.38. The molecule has 2 aromatic heterocycles. The molecule has 0 spiro atoms. The molecule has 2 atom stereocenters. The Morgan fingerprint density at radius 2 is 1.79 bits per heavy atom. The van der Waals surface area contributed by atoms with Gasteiger partial charge in [0.1, 0.15) is 5.51 Å². The van der Waals surface area contributed by atoms with E-state index in [4.69, 9.17) is 0 Å². The van der Waals surface area contributed by atoms with Gasteiger partial charge in [-0.05, 0) is 18.9 Å². The minimum Gasteiger partial charge on any atom is -0.341 e. The smallest absolute Gasteiger partial charge is 0.225 e. The first kappa shape index (κ1) is 11.1. The van der Waals surface area contributed by atoms with E-state index in [-0.39, 0.29) is 0 Å². The highest BCUT2D eigenvalue weighted by atomic mass is 32.1. The van der Waals surface area contributed by atoms with Crippen LogP contribution in [0.5, 0.6) is 0 Å². The number of rotatable bonds is 2. The molecule has 4 heterocycles. The zero-order chi connectivity index (χ0) is 12.7. The average Bonchev–Trinajstić information content (AvgIpc) is 3.16. The van der Waals surface area contributed by atoms with Gasteiger partial charge in [-0.1, -0.05) is 11.3 Å². The van der Waals surface area contributed by atoms with Crippen molar-refractivity contribution in [2.75, 3.05) is 22.9 Å². The number of nitrogens with zero attached hydrogens (tertiary/aromatic N) is 6. The lowest BCUT2D eigenvalue weighted by Gasteiger charge is -2.24. The van der Waals surface area contributed by atoms with Crippen LogP contribution in [0.1, 0.15) is 12.8 Å². The first-order valence-corrected chi connectivity index (χ1v) is 7.38. The van der Waals surface area contributed by atoms with Gasteiger partial charge >= 0.3 is 0 Å². The first-order chi connectivity index (χ1) is 9.43. The van der Waals surface area contributed by atoms with Gasteiger partial charge in [-0.3, -0.25) is 0 Å². The van der Waals surface area contributed by atoms with Gasteiger partial charge in [-0.2, -0.15) is 0 Å². The van der Waals surface area contributed by atoms with E-state index in [2.05, 4.69) is 30.0 Å². The van der Waals surface area contributed by atoms with Crippen molar-refractivity contribution in [3.05, 3.63) is 24.0 Å². The van der Waals surface area contributed by atoms with E-state index in [1.165, 1.54) is 0 Å². The molecule has 0 aromatic carbocycles. The lowest BCUT2D eigenvalue weighted by atomic mass is 10.1. The number of aromatic nitrogens is 4. The van der Waals surface area contributed by atoms with Crippen LogP contribution in [0.4, 0.5) is 11.1 Å². The Morgan fingerprint density at radius 3 is 2.53 bits per heavy atom. The average molecular weight is 274 g/mol. The molecule has 0 aliphatic carbocycles. The lowest BCUT2D eigenvalue weighted by Crippen LogP contribution is -2.37. The van der Waals surface area contributed by atoms with Crippen molar-refractivity contribution in [2.45, 2.75) is 24.9 Å². The molecule has 0 amide bonds. The van der Waals surface area contributed by atoms with Crippen molar-refractivity contribution in [1.29, 1.82) is 0 Å². The number of anilines is 2. The summed E-state index contributed by atoms with van der Waals surface area (Å²) >= 11 is 1.62. The van der Waals surface area contributed by atoms with Crippen LogP contribution in [-0.4, -0.2) is 45.3 Å². The molecule has 7 heteroatoms. The topological polar surface area (TPSA) is 58.0 Å². The highest BCUT2D eigenvalue weighted by Gasteiger charge is 2.44. The van der Waals surface area contributed by atoms with Crippen LogP contribution in [0.2, 0.25) is 0 Å². The van der Waals surface area contributed by atoms with E-state index in [0.29, 0.717) is 12.1 Å². The highest BCUT2D eigenvalue weighted by Crippen LogP contribution is 2.36. The van der Waals surface area contributed by atoms with Crippen molar-refractivity contribution in [2.24, 2.45) is 0 Å². The minimum atomic E-state index is 0.506. The molecule has 2 fully saturated rings. The fourth-order valence-electron chi connectivity index (χ4n) is 3.20. The van der Waals surface area contributed by atoms with Crippen LogP contribution in [-0.2, 0) is 0 Å². The van der Waals surface area contributed by atoms with Gasteiger partial charge in [0.15, 0.2) is 0 Å². The molecule has 2 saturated heterocycles. The second kappa shape index (κ2) is 4.41. The van der Waals surface area contributed by atoms with E-state index >= 15 is 0 Å². The van der Waals surface area contributed by atoms with Crippen LogP contribution < -0.4 is 9.80 Å². The first-order valence-electron chi connectivity index (χ1n) is 6.50. The summed E-state index contributed by atoms with van der Waals surface area (Å²) in [6.45, 7) is 2.07. The van der Waals surface area contributed by atoms with E-state index in [1.54, 1.807) is 16.8 Å². The molecular weight excluding hydrogens is 260 g/mol. The number of hydrogen-bond acceptors (Lipinski definition) is 7. The molecule has 98 valence electrons. The Hall–Kier alpha value is -1.76. The SMILES string of the molecule is c1cnc(N2CC[C@@H]3[C@@H]2CCN3c2nncs2)nc1. The van der Waals surface area contributed by atoms with Crippen molar-refractivity contribution in [1.82, 2.24) is 20.2 Å². The molecule has 0 saturated carbocycles. The second-order valence-electron chi connectivity index (χ2n) is 4.87. The van der Waals surface area contributed by atoms with Gasteiger partial charge in [0.25, 0.3) is 0 Å². The molecule has 2 aliphatic heterocycles. The maximum atomic E-state index is 4.38. The summed E-state index contributed by atoms with van der Waals surface area (Å²) in [6, 6.07) is 2.89. The Labute approximate surface area is 115 Å². The molecule has 19 heavy (non-hydrogen) atoms. The quantitative estimate of drug-likeness (QED) is 0.820. The van der Waals surface area contributed by atoms with Gasteiger partial charge in [-0.15, -0.1) is 10.2 Å². The predicted molar refractivity (Wildman–Crippen MR) is 73.4 cm³/mol. The van der Waals surface area contributed by atoms with Gasteiger partial charge in [0.05, 0.1) is 12.1 Å². The zero-order valence-corrected chi connectivity index (χ0v) is 11.2. The standard InChI is InChI=1S/C12H14N6S/c1-4-13-11(14-5-1)17-6-2-10-9(17)3-7-18(10)12-16-15-8-19-12/h1,4-5,8-10H,2-3,6-7H2/t9-,10+/m0/s1. The molecule has 0 bridgehead atoms. The molecule has 2 aliphatic rings. The van der Waals surface area contributed by atoms with Gasteiger partial charge in [0, 0.05) is 25.5 Å². The fourth-order valence-corrected chi connectivity index (χ4v) is 3.85. The van der Waals surface area contributed by atoms with Crippen molar-refractivity contribution < 1.29 is 0 Å². The van der Waals surface area contributed by atoms with Crippen LogP contribution in [0.25, 0.3) is 0 Å². The number of fused-ring (bicyclic) bond motifs is 1. The summed E-state index contributed by atoms with van der Waals surface area (Å²) in [5.41, 5.74) is 1.80. The normalized spacial score (nSPS) is 25.9. The monoisotopic (exact) mass is 274 g/mol. The second-order valence-corrected chi connectivity index (χ2v) is 5.68. The van der Waals surface area contributed by atoms with Gasteiger partial charge < -0.3 is 9.80 Å². The predicted octanol–water partition coefficient (Wildman–Crippen LogP) is 1.19. The van der Waals surface area contributed by atoms with Crippen molar-refractivity contribution in [3.8, 4) is 0 Å². The van der Waals surface area contributed by atoms with Crippen molar-refractivity contribution >= 4 is 22.4 Å². The van der Waals surface area contributed by atoms with E-state index < -0.39 is 0 Å².